The molecule has 0 saturated heterocycles. The molecule has 3 heteroatoms. The molecule has 0 radical (unpaired) electrons. The highest BCUT2D eigenvalue weighted by Crippen LogP contribution is 2.26. The molecule has 1 rings (SSSR count). The first-order chi connectivity index (χ1) is 6.13. The van der Waals surface area contributed by atoms with Crippen molar-refractivity contribution < 1.29 is 0 Å². The summed E-state index contributed by atoms with van der Waals surface area (Å²) in [4.78, 5) is 0. The van der Waals surface area contributed by atoms with Crippen LogP contribution >= 0.6 is 33.9 Å². The Hall–Kier alpha value is 0.390. The molecule has 1 aromatic heterocycles. The second-order valence-corrected chi connectivity index (χ2v) is 6.46. The van der Waals surface area contributed by atoms with Crippen LogP contribution in [-0.2, 0) is 0 Å². The van der Waals surface area contributed by atoms with Crippen molar-refractivity contribution in [2.75, 3.05) is 7.05 Å². The van der Waals surface area contributed by atoms with E-state index >= 15 is 0 Å². The monoisotopic (exact) mass is 309 g/mol. The highest BCUT2D eigenvalue weighted by molar-refractivity contribution is 14.1. The Balaban J connectivity index is 2.66. The topological polar surface area (TPSA) is 12.0 Å². The van der Waals surface area contributed by atoms with Crippen LogP contribution in [0.3, 0.4) is 0 Å². The molecular formula is C10H16INS. The lowest BCUT2D eigenvalue weighted by atomic mass is 9.99. The first-order valence-electron chi connectivity index (χ1n) is 4.54. The van der Waals surface area contributed by atoms with Gasteiger partial charge in [0.25, 0.3) is 0 Å². The molecule has 1 N–H and O–H groups in total. The van der Waals surface area contributed by atoms with E-state index in [1.54, 1.807) is 0 Å². The lowest BCUT2D eigenvalue weighted by Gasteiger charge is -2.16. The number of hydrogen-bond acceptors (Lipinski definition) is 2. The zero-order valence-electron chi connectivity index (χ0n) is 8.30. The minimum atomic E-state index is 0.528. The van der Waals surface area contributed by atoms with Crippen molar-refractivity contribution in [3.05, 3.63) is 19.9 Å². The van der Waals surface area contributed by atoms with Gasteiger partial charge < -0.3 is 5.32 Å². The lowest BCUT2D eigenvalue weighted by Crippen LogP contribution is -2.17. The van der Waals surface area contributed by atoms with Gasteiger partial charge in [0.05, 0.1) is 2.88 Å². The van der Waals surface area contributed by atoms with Crippen molar-refractivity contribution in [1.29, 1.82) is 0 Å². The Labute approximate surface area is 98.1 Å². The van der Waals surface area contributed by atoms with Gasteiger partial charge in [-0.05, 0) is 59.0 Å². The number of rotatable bonds is 4. The van der Waals surface area contributed by atoms with Crippen molar-refractivity contribution >= 4 is 33.9 Å². The van der Waals surface area contributed by atoms with Gasteiger partial charge >= 0.3 is 0 Å². The summed E-state index contributed by atoms with van der Waals surface area (Å²) in [7, 11) is 2.04. The van der Waals surface area contributed by atoms with E-state index in [4.69, 9.17) is 0 Å². The number of thiophene rings is 1. The van der Waals surface area contributed by atoms with Crippen molar-refractivity contribution in [2.24, 2.45) is 5.92 Å². The lowest BCUT2D eigenvalue weighted by molar-refractivity contribution is 0.457. The summed E-state index contributed by atoms with van der Waals surface area (Å²) in [5, 5.41) is 5.62. The normalized spacial score (nSPS) is 13.6. The van der Waals surface area contributed by atoms with Crippen LogP contribution in [-0.4, -0.2) is 7.05 Å². The Morgan fingerprint density at radius 2 is 2.23 bits per heavy atom. The van der Waals surface area contributed by atoms with Gasteiger partial charge in [-0.3, -0.25) is 0 Å². The Kier molecular flexibility index (Phi) is 4.69. The molecular weight excluding hydrogens is 293 g/mol. The summed E-state index contributed by atoms with van der Waals surface area (Å²) in [5.41, 5.74) is 1.44. The highest BCUT2D eigenvalue weighted by Gasteiger charge is 2.12. The second kappa shape index (κ2) is 5.32. The van der Waals surface area contributed by atoms with Crippen molar-refractivity contribution in [2.45, 2.75) is 26.3 Å². The third-order valence-corrected chi connectivity index (χ3v) is 3.85. The van der Waals surface area contributed by atoms with E-state index < -0.39 is 0 Å². The molecule has 0 fully saturated rings. The molecule has 0 spiro atoms. The largest absolute Gasteiger partial charge is 0.313 e. The van der Waals surface area contributed by atoms with Crippen LogP contribution in [0.5, 0.6) is 0 Å². The summed E-state index contributed by atoms with van der Waals surface area (Å²) in [5.74, 6) is 0.745. The van der Waals surface area contributed by atoms with E-state index in [0.717, 1.165) is 5.92 Å². The maximum Gasteiger partial charge on any atom is 0.0656 e. The molecule has 0 aliphatic heterocycles. The van der Waals surface area contributed by atoms with Gasteiger partial charge in [-0.25, -0.2) is 0 Å². The van der Waals surface area contributed by atoms with Gasteiger partial charge in [0.2, 0.25) is 0 Å². The molecule has 0 aliphatic carbocycles. The average Bonchev–Trinajstić information content (AvgIpc) is 2.47. The summed E-state index contributed by atoms with van der Waals surface area (Å²) in [6, 6.07) is 2.80. The molecule has 0 amide bonds. The number of nitrogens with one attached hydrogen (secondary N) is 1. The molecule has 1 atom stereocenters. The van der Waals surface area contributed by atoms with Crippen LogP contribution in [0.25, 0.3) is 0 Å². The molecule has 0 bridgehead atoms. The Morgan fingerprint density at radius 1 is 1.54 bits per heavy atom. The van der Waals surface area contributed by atoms with E-state index in [0.29, 0.717) is 6.04 Å². The summed E-state index contributed by atoms with van der Waals surface area (Å²) < 4.78 is 1.37. The van der Waals surface area contributed by atoms with Gasteiger partial charge in [-0.2, -0.15) is 0 Å². The molecule has 0 aliphatic rings. The van der Waals surface area contributed by atoms with Crippen LogP contribution in [0.1, 0.15) is 31.9 Å². The zero-order chi connectivity index (χ0) is 9.84. The molecule has 13 heavy (non-hydrogen) atoms. The van der Waals surface area contributed by atoms with Gasteiger partial charge in [-0.1, -0.05) is 13.8 Å². The Morgan fingerprint density at radius 3 is 2.62 bits per heavy atom. The van der Waals surface area contributed by atoms with E-state index in [2.05, 4.69) is 53.2 Å². The van der Waals surface area contributed by atoms with Gasteiger partial charge in [-0.15, -0.1) is 11.3 Å². The average molecular weight is 309 g/mol. The van der Waals surface area contributed by atoms with E-state index in [9.17, 15) is 0 Å². The van der Waals surface area contributed by atoms with Crippen LogP contribution in [0, 0.1) is 8.80 Å². The number of halogens is 1. The van der Waals surface area contributed by atoms with E-state index in [1.807, 2.05) is 18.4 Å². The SMILES string of the molecule is CNC(CC(C)C)c1csc(I)c1. The molecule has 0 aromatic carbocycles. The van der Waals surface area contributed by atoms with Crippen LogP contribution in [0.15, 0.2) is 11.4 Å². The predicted octanol–water partition coefficient (Wildman–Crippen LogP) is 3.66. The van der Waals surface area contributed by atoms with Crippen molar-refractivity contribution in [3.63, 3.8) is 0 Å². The Bertz CT molecular complexity index is 257. The second-order valence-electron chi connectivity index (χ2n) is 3.65. The predicted molar refractivity (Wildman–Crippen MR) is 68.3 cm³/mol. The third kappa shape index (κ3) is 3.56. The molecule has 0 saturated carbocycles. The van der Waals surface area contributed by atoms with Gasteiger partial charge in [0.1, 0.15) is 0 Å². The zero-order valence-corrected chi connectivity index (χ0v) is 11.3. The quantitative estimate of drug-likeness (QED) is 0.837. The van der Waals surface area contributed by atoms with Crippen molar-refractivity contribution in [1.82, 2.24) is 5.32 Å². The summed E-state index contributed by atoms with van der Waals surface area (Å²) >= 11 is 4.20. The summed E-state index contributed by atoms with van der Waals surface area (Å²) in [6.45, 7) is 4.53. The van der Waals surface area contributed by atoms with E-state index in [-0.39, 0.29) is 0 Å². The first kappa shape index (κ1) is 11.5. The maximum atomic E-state index is 3.37. The van der Waals surface area contributed by atoms with Crippen LogP contribution < -0.4 is 5.32 Å². The molecule has 1 aromatic rings. The molecule has 1 unspecified atom stereocenters. The number of hydrogen-bond donors (Lipinski definition) is 1. The highest BCUT2D eigenvalue weighted by atomic mass is 127. The molecule has 1 nitrogen and oxygen atoms in total. The molecule has 1 heterocycles. The van der Waals surface area contributed by atoms with E-state index in [1.165, 1.54) is 14.9 Å². The fraction of sp³-hybridized carbons (Fsp3) is 0.600. The fourth-order valence-corrected chi connectivity index (χ4v) is 2.82. The fourth-order valence-electron chi connectivity index (χ4n) is 1.40. The van der Waals surface area contributed by atoms with Crippen molar-refractivity contribution in [3.8, 4) is 0 Å². The summed E-state index contributed by atoms with van der Waals surface area (Å²) in [6.07, 6.45) is 1.21. The minimum absolute atomic E-state index is 0.528. The molecule has 74 valence electrons. The standard InChI is InChI=1S/C10H16INS/c1-7(2)4-9(12-3)8-5-10(11)13-6-8/h5-7,9,12H,4H2,1-3H3. The van der Waals surface area contributed by atoms with Crippen LogP contribution in [0.2, 0.25) is 0 Å². The van der Waals surface area contributed by atoms with Crippen LogP contribution in [0.4, 0.5) is 0 Å². The van der Waals surface area contributed by atoms with Gasteiger partial charge in [0, 0.05) is 6.04 Å². The smallest absolute Gasteiger partial charge is 0.0656 e. The first-order valence-corrected chi connectivity index (χ1v) is 6.50. The third-order valence-electron chi connectivity index (χ3n) is 2.05. The minimum Gasteiger partial charge on any atom is -0.313 e. The maximum absolute atomic E-state index is 3.37. The van der Waals surface area contributed by atoms with Gasteiger partial charge in [0.15, 0.2) is 0 Å².